The minimum Gasteiger partial charge on any atom is -0.486 e. The van der Waals surface area contributed by atoms with E-state index in [1.54, 1.807) is 0 Å². The van der Waals surface area contributed by atoms with Crippen molar-refractivity contribution in [3.8, 4) is 5.75 Å². The molecule has 0 aliphatic heterocycles. The van der Waals surface area contributed by atoms with E-state index >= 15 is 0 Å². The molecular formula is C16H19ClINO. The first-order valence-corrected chi connectivity index (χ1v) is 7.49. The van der Waals surface area contributed by atoms with Gasteiger partial charge in [-0.1, -0.05) is 30.3 Å². The van der Waals surface area contributed by atoms with E-state index in [4.69, 9.17) is 4.74 Å². The van der Waals surface area contributed by atoms with E-state index in [1.165, 1.54) is 9.13 Å². The van der Waals surface area contributed by atoms with Crippen LogP contribution in [0.25, 0.3) is 0 Å². The number of benzene rings is 2. The fourth-order valence-electron chi connectivity index (χ4n) is 1.91. The third-order valence-corrected chi connectivity index (χ3v) is 3.64. The maximum absolute atomic E-state index is 6.11. The standard InChI is InChI=1S/C16H18INO.ClH/c1-18-12-11-16(13-5-3-2-4-6-13)19-15-9-7-14(17)8-10-15;/h2-10,16,18H,11-12H2,1H3;1H/t16-;/m0./s1. The molecule has 20 heavy (non-hydrogen) atoms. The minimum atomic E-state index is 0. The van der Waals surface area contributed by atoms with Crippen LogP contribution in [0.15, 0.2) is 54.6 Å². The average molecular weight is 404 g/mol. The molecule has 0 heterocycles. The fraction of sp³-hybridized carbons (Fsp3) is 0.250. The number of halogens is 2. The molecule has 4 heteroatoms. The minimum absolute atomic E-state index is 0. The van der Waals surface area contributed by atoms with Gasteiger partial charge in [-0.05, 0) is 66.0 Å². The zero-order chi connectivity index (χ0) is 13.5. The first-order chi connectivity index (χ1) is 9.29. The van der Waals surface area contributed by atoms with E-state index in [0.29, 0.717) is 0 Å². The SMILES string of the molecule is CNCC[C@H](Oc1ccc(I)cc1)c1ccccc1.Cl. The molecule has 0 spiro atoms. The second kappa shape index (κ2) is 9.21. The molecule has 2 nitrogen and oxygen atoms in total. The number of hydrogen-bond donors (Lipinski definition) is 1. The Balaban J connectivity index is 0.00000200. The molecule has 0 aromatic heterocycles. The topological polar surface area (TPSA) is 21.3 Å². The number of ether oxygens (including phenoxy) is 1. The van der Waals surface area contributed by atoms with Crippen molar-refractivity contribution < 1.29 is 4.74 Å². The molecule has 2 aromatic rings. The van der Waals surface area contributed by atoms with Crippen molar-refractivity contribution in [1.29, 1.82) is 0 Å². The fourth-order valence-corrected chi connectivity index (χ4v) is 2.27. The molecule has 0 saturated heterocycles. The van der Waals surface area contributed by atoms with Gasteiger partial charge in [0.25, 0.3) is 0 Å². The van der Waals surface area contributed by atoms with E-state index in [1.807, 2.05) is 25.2 Å². The molecule has 108 valence electrons. The molecule has 0 aliphatic carbocycles. The zero-order valence-electron chi connectivity index (χ0n) is 11.4. The Bertz CT molecular complexity index is 490. The van der Waals surface area contributed by atoms with Crippen LogP contribution in [0, 0.1) is 3.57 Å². The predicted molar refractivity (Wildman–Crippen MR) is 94.8 cm³/mol. The Labute approximate surface area is 140 Å². The van der Waals surface area contributed by atoms with Crippen LogP contribution in [-0.4, -0.2) is 13.6 Å². The van der Waals surface area contributed by atoms with Crippen LogP contribution in [0.2, 0.25) is 0 Å². The van der Waals surface area contributed by atoms with Gasteiger partial charge >= 0.3 is 0 Å². The number of rotatable bonds is 6. The highest BCUT2D eigenvalue weighted by Gasteiger charge is 2.12. The summed E-state index contributed by atoms with van der Waals surface area (Å²) < 4.78 is 7.33. The maximum Gasteiger partial charge on any atom is 0.125 e. The molecule has 0 amide bonds. The van der Waals surface area contributed by atoms with Crippen molar-refractivity contribution in [2.45, 2.75) is 12.5 Å². The summed E-state index contributed by atoms with van der Waals surface area (Å²) in [5, 5.41) is 3.18. The van der Waals surface area contributed by atoms with Crippen LogP contribution in [0.1, 0.15) is 18.1 Å². The largest absolute Gasteiger partial charge is 0.486 e. The van der Waals surface area contributed by atoms with Gasteiger partial charge in [-0.25, -0.2) is 0 Å². The Morgan fingerprint density at radius 2 is 1.70 bits per heavy atom. The molecule has 1 atom stereocenters. The summed E-state index contributed by atoms with van der Waals surface area (Å²) >= 11 is 2.30. The third kappa shape index (κ3) is 5.31. The first-order valence-electron chi connectivity index (χ1n) is 6.41. The predicted octanol–water partition coefficient (Wildman–Crippen LogP) is 4.44. The quantitative estimate of drug-likeness (QED) is 0.720. The van der Waals surface area contributed by atoms with Gasteiger partial charge in [-0.3, -0.25) is 0 Å². The lowest BCUT2D eigenvalue weighted by Crippen LogP contribution is -2.16. The Morgan fingerprint density at radius 1 is 1.05 bits per heavy atom. The highest BCUT2D eigenvalue weighted by molar-refractivity contribution is 14.1. The lowest BCUT2D eigenvalue weighted by molar-refractivity contribution is 0.195. The van der Waals surface area contributed by atoms with Crippen molar-refractivity contribution in [3.63, 3.8) is 0 Å². The highest BCUT2D eigenvalue weighted by Crippen LogP contribution is 2.25. The molecule has 0 fully saturated rings. The van der Waals surface area contributed by atoms with Gasteiger partial charge in [-0.15, -0.1) is 12.4 Å². The van der Waals surface area contributed by atoms with Crippen LogP contribution < -0.4 is 10.1 Å². The summed E-state index contributed by atoms with van der Waals surface area (Å²) in [6.07, 6.45) is 1.04. The Hall–Kier alpha value is -0.780. The van der Waals surface area contributed by atoms with Gasteiger partial charge in [0.15, 0.2) is 0 Å². The van der Waals surface area contributed by atoms with Crippen LogP contribution in [0.5, 0.6) is 5.75 Å². The van der Waals surface area contributed by atoms with Crippen LogP contribution in [-0.2, 0) is 0 Å². The summed E-state index contributed by atoms with van der Waals surface area (Å²) in [6.45, 7) is 0.934. The molecule has 0 bridgehead atoms. The average Bonchev–Trinajstić information content (AvgIpc) is 2.46. The molecule has 0 saturated carbocycles. The van der Waals surface area contributed by atoms with E-state index < -0.39 is 0 Å². The van der Waals surface area contributed by atoms with Crippen LogP contribution >= 0.6 is 35.0 Å². The Morgan fingerprint density at radius 3 is 2.30 bits per heavy atom. The molecule has 0 aliphatic rings. The third-order valence-electron chi connectivity index (χ3n) is 2.92. The summed E-state index contributed by atoms with van der Waals surface area (Å²) in [5.41, 5.74) is 1.22. The van der Waals surface area contributed by atoms with Crippen molar-refractivity contribution in [1.82, 2.24) is 5.32 Å². The van der Waals surface area contributed by atoms with E-state index in [2.05, 4.69) is 64.3 Å². The zero-order valence-corrected chi connectivity index (χ0v) is 14.4. The second-order valence-corrected chi connectivity index (χ2v) is 5.61. The van der Waals surface area contributed by atoms with Crippen molar-refractivity contribution >= 4 is 35.0 Å². The van der Waals surface area contributed by atoms with Gasteiger partial charge in [-0.2, -0.15) is 0 Å². The smallest absolute Gasteiger partial charge is 0.125 e. The van der Waals surface area contributed by atoms with Gasteiger partial charge in [0.1, 0.15) is 11.9 Å². The van der Waals surface area contributed by atoms with Gasteiger partial charge in [0.2, 0.25) is 0 Å². The van der Waals surface area contributed by atoms with Gasteiger partial charge in [0.05, 0.1) is 0 Å². The Kier molecular flexibility index (Phi) is 7.95. The molecule has 0 unspecified atom stereocenters. The van der Waals surface area contributed by atoms with E-state index in [0.717, 1.165) is 18.7 Å². The molecular weight excluding hydrogens is 385 g/mol. The number of nitrogens with one attached hydrogen (secondary N) is 1. The lowest BCUT2D eigenvalue weighted by Gasteiger charge is -2.19. The van der Waals surface area contributed by atoms with E-state index in [9.17, 15) is 0 Å². The summed E-state index contributed by atoms with van der Waals surface area (Å²) in [7, 11) is 1.97. The van der Waals surface area contributed by atoms with Gasteiger partial charge in [0, 0.05) is 9.99 Å². The van der Waals surface area contributed by atoms with E-state index in [-0.39, 0.29) is 18.5 Å². The second-order valence-electron chi connectivity index (χ2n) is 4.36. The summed E-state index contributed by atoms with van der Waals surface area (Å²) in [4.78, 5) is 0. The van der Waals surface area contributed by atoms with Crippen LogP contribution in [0.4, 0.5) is 0 Å². The van der Waals surface area contributed by atoms with Crippen molar-refractivity contribution in [3.05, 3.63) is 63.7 Å². The normalized spacial score (nSPS) is 11.5. The number of hydrogen-bond acceptors (Lipinski definition) is 2. The molecule has 0 radical (unpaired) electrons. The maximum atomic E-state index is 6.11. The monoisotopic (exact) mass is 403 g/mol. The lowest BCUT2D eigenvalue weighted by atomic mass is 10.1. The molecule has 1 N–H and O–H groups in total. The van der Waals surface area contributed by atoms with Crippen molar-refractivity contribution in [2.75, 3.05) is 13.6 Å². The van der Waals surface area contributed by atoms with Crippen molar-refractivity contribution in [2.24, 2.45) is 0 Å². The molecule has 2 aromatic carbocycles. The van der Waals surface area contributed by atoms with Crippen LogP contribution in [0.3, 0.4) is 0 Å². The summed E-state index contributed by atoms with van der Waals surface area (Å²) in [6, 6.07) is 18.6. The van der Waals surface area contributed by atoms with Gasteiger partial charge < -0.3 is 10.1 Å². The summed E-state index contributed by atoms with van der Waals surface area (Å²) in [5.74, 6) is 0.922. The molecule has 2 rings (SSSR count). The highest BCUT2D eigenvalue weighted by atomic mass is 127. The first kappa shape index (κ1) is 17.3.